The smallest absolute Gasteiger partial charge is 0.0635 e. The fourth-order valence-electron chi connectivity index (χ4n) is 1.27. The number of rotatable bonds is 4. The molecule has 0 aliphatic rings. The fourth-order valence-corrected chi connectivity index (χ4v) is 1.80. The molecule has 0 aromatic heterocycles. The zero-order valence-corrected chi connectivity index (χ0v) is 10.3. The van der Waals surface area contributed by atoms with Crippen LogP contribution in [0.15, 0.2) is 18.2 Å². The molecule has 1 unspecified atom stereocenters. The van der Waals surface area contributed by atoms with Crippen molar-refractivity contribution in [1.82, 2.24) is 0 Å². The van der Waals surface area contributed by atoms with Crippen LogP contribution in [0.25, 0.3) is 0 Å². The van der Waals surface area contributed by atoms with Gasteiger partial charge >= 0.3 is 0 Å². The summed E-state index contributed by atoms with van der Waals surface area (Å²) in [5, 5.41) is 13.5. The van der Waals surface area contributed by atoms with Crippen molar-refractivity contribution in [3.05, 3.63) is 28.2 Å². The number of halogens is 2. The van der Waals surface area contributed by atoms with E-state index in [4.69, 9.17) is 28.3 Å². The van der Waals surface area contributed by atoms with Gasteiger partial charge in [0.05, 0.1) is 12.6 Å². The van der Waals surface area contributed by atoms with Crippen LogP contribution in [0.3, 0.4) is 0 Å². The lowest BCUT2D eigenvalue weighted by molar-refractivity contribution is 0.249. The summed E-state index contributed by atoms with van der Waals surface area (Å²) >= 11 is 11.7. The Labute approximate surface area is 100 Å². The Bertz CT molecular complexity index is 308. The molecule has 1 aromatic rings. The van der Waals surface area contributed by atoms with Gasteiger partial charge < -0.3 is 10.4 Å². The van der Waals surface area contributed by atoms with Gasteiger partial charge in [0, 0.05) is 15.7 Å². The Kier molecular flexibility index (Phi) is 4.71. The third kappa shape index (κ3) is 3.90. The molecule has 2 nitrogen and oxygen atoms in total. The van der Waals surface area contributed by atoms with Gasteiger partial charge in [-0.15, -0.1) is 0 Å². The topological polar surface area (TPSA) is 32.3 Å². The first-order valence-corrected chi connectivity index (χ1v) is 5.62. The van der Waals surface area contributed by atoms with Gasteiger partial charge in [0.1, 0.15) is 0 Å². The summed E-state index contributed by atoms with van der Waals surface area (Å²) in [6.45, 7) is 4.17. The van der Waals surface area contributed by atoms with E-state index in [0.29, 0.717) is 16.0 Å². The summed E-state index contributed by atoms with van der Waals surface area (Å²) in [4.78, 5) is 0. The Morgan fingerprint density at radius 2 is 1.73 bits per heavy atom. The van der Waals surface area contributed by atoms with Crippen LogP contribution in [0.5, 0.6) is 0 Å². The van der Waals surface area contributed by atoms with Crippen molar-refractivity contribution in [1.29, 1.82) is 0 Å². The zero-order valence-electron chi connectivity index (χ0n) is 8.80. The molecule has 0 fully saturated rings. The molecule has 1 aromatic carbocycles. The van der Waals surface area contributed by atoms with Gasteiger partial charge in [-0.05, 0) is 24.1 Å². The second kappa shape index (κ2) is 5.59. The minimum atomic E-state index is 0.0135. The standard InChI is InChI=1S/C11H15Cl2NO/c1-7(2)11(6-15)14-10-4-8(12)3-9(13)5-10/h3-5,7,11,14-15H,6H2,1-2H3. The number of nitrogens with one attached hydrogen (secondary N) is 1. The third-order valence-corrected chi connectivity index (χ3v) is 2.65. The molecule has 84 valence electrons. The normalized spacial score (nSPS) is 12.9. The van der Waals surface area contributed by atoms with Gasteiger partial charge in [0.25, 0.3) is 0 Å². The van der Waals surface area contributed by atoms with Crippen molar-refractivity contribution in [2.45, 2.75) is 19.9 Å². The molecule has 2 N–H and O–H groups in total. The Morgan fingerprint density at radius 1 is 1.20 bits per heavy atom. The van der Waals surface area contributed by atoms with Crippen molar-refractivity contribution < 1.29 is 5.11 Å². The van der Waals surface area contributed by atoms with Crippen LogP contribution in [-0.4, -0.2) is 17.8 Å². The van der Waals surface area contributed by atoms with Gasteiger partial charge in [0.2, 0.25) is 0 Å². The first kappa shape index (κ1) is 12.6. The third-order valence-electron chi connectivity index (χ3n) is 2.22. The van der Waals surface area contributed by atoms with Gasteiger partial charge in [0.15, 0.2) is 0 Å². The molecule has 0 aliphatic heterocycles. The van der Waals surface area contributed by atoms with Crippen molar-refractivity contribution in [2.24, 2.45) is 5.92 Å². The fraction of sp³-hybridized carbons (Fsp3) is 0.455. The predicted octanol–water partition coefficient (Wildman–Crippen LogP) is 3.42. The molecule has 0 bridgehead atoms. The Morgan fingerprint density at radius 3 is 2.13 bits per heavy atom. The number of aliphatic hydroxyl groups is 1. The molecule has 0 heterocycles. The molecule has 4 heteroatoms. The highest BCUT2D eigenvalue weighted by molar-refractivity contribution is 6.35. The van der Waals surface area contributed by atoms with E-state index in [2.05, 4.69) is 5.32 Å². The average molecular weight is 248 g/mol. The molecular weight excluding hydrogens is 233 g/mol. The van der Waals surface area contributed by atoms with Gasteiger partial charge in [-0.3, -0.25) is 0 Å². The Hall–Kier alpha value is -0.440. The van der Waals surface area contributed by atoms with Crippen LogP contribution < -0.4 is 5.32 Å². The number of aliphatic hydroxyl groups excluding tert-OH is 1. The molecule has 0 spiro atoms. The highest BCUT2D eigenvalue weighted by Gasteiger charge is 2.11. The monoisotopic (exact) mass is 247 g/mol. The maximum atomic E-state index is 9.17. The summed E-state index contributed by atoms with van der Waals surface area (Å²) in [5.74, 6) is 0.341. The van der Waals surface area contributed by atoms with Crippen LogP contribution in [0.2, 0.25) is 10.0 Å². The van der Waals surface area contributed by atoms with Crippen molar-refractivity contribution in [3.8, 4) is 0 Å². The molecule has 1 atom stereocenters. The minimum Gasteiger partial charge on any atom is -0.394 e. The number of hydrogen-bond acceptors (Lipinski definition) is 2. The first-order valence-electron chi connectivity index (χ1n) is 4.86. The van der Waals surface area contributed by atoms with E-state index in [0.717, 1.165) is 5.69 Å². The van der Waals surface area contributed by atoms with Crippen LogP contribution in [0, 0.1) is 5.92 Å². The molecule has 0 amide bonds. The molecule has 1 rings (SSSR count). The van der Waals surface area contributed by atoms with Gasteiger partial charge in [-0.25, -0.2) is 0 Å². The van der Waals surface area contributed by atoms with E-state index in [-0.39, 0.29) is 12.6 Å². The van der Waals surface area contributed by atoms with Crippen molar-refractivity contribution in [2.75, 3.05) is 11.9 Å². The second-order valence-electron chi connectivity index (χ2n) is 3.84. The first-order chi connectivity index (χ1) is 7.02. The SMILES string of the molecule is CC(C)C(CO)Nc1cc(Cl)cc(Cl)c1. The van der Waals surface area contributed by atoms with E-state index in [1.807, 2.05) is 13.8 Å². The van der Waals surface area contributed by atoms with E-state index < -0.39 is 0 Å². The highest BCUT2D eigenvalue weighted by Crippen LogP contribution is 2.23. The van der Waals surface area contributed by atoms with E-state index in [1.54, 1.807) is 18.2 Å². The largest absolute Gasteiger partial charge is 0.394 e. The van der Waals surface area contributed by atoms with Crippen molar-refractivity contribution in [3.63, 3.8) is 0 Å². The maximum absolute atomic E-state index is 9.17. The molecule has 15 heavy (non-hydrogen) atoms. The van der Waals surface area contributed by atoms with Crippen LogP contribution >= 0.6 is 23.2 Å². The number of hydrogen-bond donors (Lipinski definition) is 2. The van der Waals surface area contributed by atoms with Crippen LogP contribution in [0.1, 0.15) is 13.8 Å². The van der Waals surface area contributed by atoms with Crippen molar-refractivity contribution >= 4 is 28.9 Å². The molecule has 0 aliphatic carbocycles. The zero-order chi connectivity index (χ0) is 11.4. The van der Waals surface area contributed by atoms with E-state index in [9.17, 15) is 0 Å². The van der Waals surface area contributed by atoms with Gasteiger partial charge in [-0.1, -0.05) is 37.0 Å². The quantitative estimate of drug-likeness (QED) is 0.855. The van der Waals surface area contributed by atoms with Crippen LogP contribution in [0.4, 0.5) is 5.69 Å². The lowest BCUT2D eigenvalue weighted by atomic mass is 10.1. The summed E-state index contributed by atoms with van der Waals surface area (Å²) < 4.78 is 0. The molecule has 0 saturated carbocycles. The Balaban J connectivity index is 2.79. The maximum Gasteiger partial charge on any atom is 0.0635 e. The molecular formula is C11H15Cl2NO. The highest BCUT2D eigenvalue weighted by atomic mass is 35.5. The van der Waals surface area contributed by atoms with E-state index in [1.165, 1.54) is 0 Å². The lowest BCUT2D eigenvalue weighted by Crippen LogP contribution is -2.29. The summed E-state index contributed by atoms with van der Waals surface area (Å²) in [7, 11) is 0. The number of benzene rings is 1. The molecule has 0 saturated heterocycles. The number of anilines is 1. The summed E-state index contributed by atoms with van der Waals surface area (Å²) in [6, 6.07) is 5.27. The lowest BCUT2D eigenvalue weighted by Gasteiger charge is -2.21. The molecule has 0 radical (unpaired) electrons. The summed E-state index contributed by atoms with van der Waals surface area (Å²) in [6.07, 6.45) is 0. The average Bonchev–Trinajstić information content (AvgIpc) is 2.12. The predicted molar refractivity (Wildman–Crippen MR) is 65.8 cm³/mol. The second-order valence-corrected chi connectivity index (χ2v) is 4.71. The van der Waals surface area contributed by atoms with Crippen LogP contribution in [-0.2, 0) is 0 Å². The summed E-state index contributed by atoms with van der Waals surface area (Å²) in [5.41, 5.74) is 0.834. The van der Waals surface area contributed by atoms with E-state index >= 15 is 0 Å². The van der Waals surface area contributed by atoms with Gasteiger partial charge in [-0.2, -0.15) is 0 Å². The minimum absolute atomic E-state index is 0.0135.